The van der Waals surface area contributed by atoms with E-state index in [-0.39, 0.29) is 41.3 Å². The summed E-state index contributed by atoms with van der Waals surface area (Å²) in [5.74, 6) is -0.367. The molecule has 26 heavy (non-hydrogen) atoms. The van der Waals surface area contributed by atoms with Gasteiger partial charge in [-0.2, -0.15) is 0 Å². The minimum atomic E-state index is -0.187. The first-order valence-electron chi connectivity index (χ1n) is 7.50. The molecule has 0 saturated carbocycles. The molecule has 0 aliphatic carbocycles. The molecule has 0 unspecified atom stereocenters. The van der Waals surface area contributed by atoms with Gasteiger partial charge in [-0.15, -0.1) is 11.5 Å². The van der Waals surface area contributed by atoms with Crippen molar-refractivity contribution in [1.29, 1.82) is 0 Å². The average Bonchev–Trinajstić information content (AvgIpc) is 2.53. The summed E-state index contributed by atoms with van der Waals surface area (Å²) in [6.45, 7) is 3.34. The third-order valence-corrected chi connectivity index (χ3v) is 2.78. The van der Waals surface area contributed by atoms with Gasteiger partial charge in [-0.1, -0.05) is 37.3 Å². The fraction of sp³-hybridized carbons (Fsp3) is 0.211. The normalized spacial score (nSPS) is 10.2. The van der Waals surface area contributed by atoms with E-state index in [1.807, 2.05) is 24.3 Å². The summed E-state index contributed by atoms with van der Waals surface area (Å²) in [6.07, 6.45) is 5.25. The van der Waals surface area contributed by atoms with Crippen LogP contribution in [-0.2, 0) is 35.2 Å². The maximum absolute atomic E-state index is 11.4. The number of allylic oxidation sites excluding steroid dienone is 2. The van der Waals surface area contributed by atoms with Gasteiger partial charge in [-0.25, -0.2) is 0 Å². The summed E-state index contributed by atoms with van der Waals surface area (Å²) < 4.78 is 0. The fourth-order valence-corrected chi connectivity index (χ4v) is 1.76. The Morgan fingerprint density at radius 1 is 1.15 bits per heavy atom. The van der Waals surface area contributed by atoms with Crippen molar-refractivity contribution < 1.29 is 39.0 Å². The van der Waals surface area contributed by atoms with Gasteiger partial charge < -0.3 is 15.7 Å². The molecule has 6 nitrogen and oxygen atoms in total. The SMILES string of the molecule is CC(=O)/C=C(/C)[O-].[O-2].[O-]c1ccccc1C=NCCc1ccccn1.[V+4]. The molecule has 1 aromatic heterocycles. The van der Waals surface area contributed by atoms with Crippen LogP contribution in [0.4, 0.5) is 0 Å². The van der Waals surface area contributed by atoms with Gasteiger partial charge in [-0.05, 0) is 30.7 Å². The number of hydrogen-bond acceptors (Lipinski definition) is 5. The number of nitrogens with zero attached hydrogens (tertiary/aromatic N) is 2. The van der Waals surface area contributed by atoms with E-state index < -0.39 is 0 Å². The predicted molar refractivity (Wildman–Crippen MR) is 91.4 cm³/mol. The van der Waals surface area contributed by atoms with Crippen molar-refractivity contribution in [2.24, 2.45) is 4.99 Å². The third kappa shape index (κ3) is 12.0. The first-order chi connectivity index (χ1) is 11.5. The Morgan fingerprint density at radius 2 is 1.81 bits per heavy atom. The van der Waals surface area contributed by atoms with Gasteiger partial charge in [0.2, 0.25) is 0 Å². The Kier molecular flexibility index (Phi) is 14.8. The number of rotatable bonds is 5. The molecule has 0 spiro atoms. The largest absolute Gasteiger partial charge is 4.00 e. The number of carbonyl (C=O) groups excluding carboxylic acids is 1. The van der Waals surface area contributed by atoms with Crippen LogP contribution >= 0.6 is 0 Å². The smallest absolute Gasteiger partial charge is 2.00 e. The van der Waals surface area contributed by atoms with Crippen LogP contribution in [0.25, 0.3) is 0 Å². The molecule has 1 aromatic carbocycles. The molecular formula is C19H20N2O4V. The van der Waals surface area contributed by atoms with Gasteiger partial charge in [0, 0.05) is 31.1 Å². The molecule has 0 saturated heterocycles. The van der Waals surface area contributed by atoms with Gasteiger partial charge >= 0.3 is 18.6 Å². The van der Waals surface area contributed by atoms with Crippen molar-refractivity contribution in [3.05, 3.63) is 71.8 Å². The summed E-state index contributed by atoms with van der Waals surface area (Å²) in [5.41, 5.74) is 1.65. The van der Waals surface area contributed by atoms with Crippen molar-refractivity contribution in [2.75, 3.05) is 6.54 Å². The van der Waals surface area contributed by atoms with E-state index in [0.717, 1.165) is 18.2 Å². The molecule has 0 aliphatic heterocycles. The number of benzene rings is 1. The van der Waals surface area contributed by atoms with E-state index in [4.69, 9.17) is 0 Å². The van der Waals surface area contributed by atoms with Crippen LogP contribution in [0.3, 0.4) is 0 Å². The minimum Gasteiger partial charge on any atom is -2.00 e. The molecule has 0 fully saturated rings. The molecule has 0 N–H and O–H groups in total. The van der Waals surface area contributed by atoms with Crippen LogP contribution in [0.1, 0.15) is 25.1 Å². The van der Waals surface area contributed by atoms with E-state index in [9.17, 15) is 15.0 Å². The van der Waals surface area contributed by atoms with E-state index in [2.05, 4.69) is 9.98 Å². The van der Waals surface area contributed by atoms with Gasteiger partial charge in [0.15, 0.2) is 5.78 Å². The van der Waals surface area contributed by atoms with Crippen molar-refractivity contribution >= 4 is 12.0 Å². The monoisotopic (exact) mass is 391 g/mol. The van der Waals surface area contributed by atoms with E-state index in [0.29, 0.717) is 12.1 Å². The second kappa shape index (κ2) is 14.9. The molecule has 1 heterocycles. The van der Waals surface area contributed by atoms with E-state index >= 15 is 0 Å². The molecule has 0 amide bonds. The van der Waals surface area contributed by atoms with Crippen LogP contribution in [-0.4, -0.2) is 23.5 Å². The zero-order valence-corrected chi connectivity index (χ0v) is 16.1. The van der Waals surface area contributed by atoms with Crippen LogP contribution in [0.2, 0.25) is 0 Å². The molecule has 135 valence electrons. The van der Waals surface area contributed by atoms with Crippen LogP contribution in [0.5, 0.6) is 5.75 Å². The molecule has 0 aliphatic rings. The number of ketones is 1. The molecule has 7 heteroatoms. The van der Waals surface area contributed by atoms with Crippen molar-refractivity contribution in [3.63, 3.8) is 0 Å². The van der Waals surface area contributed by atoms with Crippen LogP contribution in [0.15, 0.2) is 65.5 Å². The standard InChI is InChI=1S/C14H14N2O.C5H8O2.O.V/c17-14-7-2-1-5-12(14)11-15-10-8-13-6-3-4-9-16-13;1-4(6)3-5(2)7;;/h1-7,9,11,17H,8,10H2;3,6H,1-2H3;;/q;;-2;+4/p-2/b;4-3-;;. The van der Waals surface area contributed by atoms with E-state index in [1.165, 1.54) is 13.8 Å². The topological polar surface area (TPSA) is 117 Å². The Labute approximate surface area is 165 Å². The van der Waals surface area contributed by atoms with Gasteiger partial charge in [0.25, 0.3) is 0 Å². The molecule has 2 aromatic rings. The number of hydrogen-bond donors (Lipinski definition) is 0. The summed E-state index contributed by atoms with van der Waals surface area (Å²) in [4.78, 5) is 18.4. The van der Waals surface area contributed by atoms with Crippen molar-refractivity contribution in [2.45, 2.75) is 20.3 Å². The first-order valence-corrected chi connectivity index (χ1v) is 7.50. The second-order valence-electron chi connectivity index (χ2n) is 5.01. The number of para-hydroxylation sites is 1. The van der Waals surface area contributed by atoms with E-state index in [1.54, 1.807) is 30.6 Å². The molecule has 0 bridgehead atoms. The van der Waals surface area contributed by atoms with Gasteiger partial charge in [0.05, 0.1) is 0 Å². The van der Waals surface area contributed by atoms with Gasteiger partial charge in [0.1, 0.15) is 0 Å². The third-order valence-electron chi connectivity index (χ3n) is 2.78. The summed E-state index contributed by atoms with van der Waals surface area (Å²) in [5, 5.41) is 21.4. The predicted octanol–water partition coefficient (Wildman–Crippen LogP) is 1.53. The molecule has 0 atom stereocenters. The maximum Gasteiger partial charge on any atom is 4.00 e. The molecule has 2 rings (SSSR count). The Bertz CT molecular complexity index is 700. The fourth-order valence-electron chi connectivity index (χ4n) is 1.76. The maximum atomic E-state index is 11.4. The van der Waals surface area contributed by atoms with Crippen LogP contribution in [0, 0.1) is 0 Å². The molecular weight excluding hydrogens is 371 g/mol. The first kappa shape index (κ1) is 25.8. The minimum absolute atomic E-state index is 0. The second-order valence-corrected chi connectivity index (χ2v) is 5.01. The number of aromatic nitrogens is 1. The van der Waals surface area contributed by atoms with Crippen molar-refractivity contribution in [3.8, 4) is 5.75 Å². The Morgan fingerprint density at radius 3 is 2.31 bits per heavy atom. The van der Waals surface area contributed by atoms with Crippen LogP contribution < -0.4 is 10.2 Å². The van der Waals surface area contributed by atoms with Crippen molar-refractivity contribution in [1.82, 2.24) is 4.98 Å². The Hall–Kier alpha value is -2.41. The zero-order chi connectivity index (χ0) is 17.8. The Balaban J connectivity index is 0. The zero-order valence-electron chi connectivity index (χ0n) is 14.7. The molecule has 1 radical (unpaired) electrons. The summed E-state index contributed by atoms with van der Waals surface area (Å²) >= 11 is 0. The van der Waals surface area contributed by atoms with Gasteiger partial charge in [-0.3, -0.25) is 14.8 Å². The number of aliphatic imine (C=N–C) groups is 1. The quantitative estimate of drug-likeness (QED) is 0.436. The average molecular weight is 391 g/mol. The number of pyridine rings is 1. The summed E-state index contributed by atoms with van der Waals surface area (Å²) in [7, 11) is 0. The number of carbonyl (C=O) groups is 1. The summed E-state index contributed by atoms with van der Waals surface area (Å²) in [6, 6.07) is 12.7.